The van der Waals surface area contributed by atoms with Gasteiger partial charge in [-0.05, 0) is 31.4 Å². The zero-order chi connectivity index (χ0) is 13.1. The molecule has 0 amide bonds. The van der Waals surface area contributed by atoms with Crippen molar-refractivity contribution in [3.63, 3.8) is 0 Å². The summed E-state index contributed by atoms with van der Waals surface area (Å²) in [5.41, 5.74) is 7.72. The summed E-state index contributed by atoms with van der Waals surface area (Å²) in [6.07, 6.45) is 3.15. The van der Waals surface area contributed by atoms with Gasteiger partial charge in [-0.3, -0.25) is 0 Å². The Balaban J connectivity index is 2.38. The zero-order valence-corrected chi connectivity index (χ0v) is 10.8. The van der Waals surface area contributed by atoms with E-state index in [-0.39, 0.29) is 12.6 Å². The Labute approximate surface area is 112 Å². The molecule has 1 aliphatic heterocycles. The highest BCUT2D eigenvalue weighted by Gasteiger charge is 2.24. The SMILES string of the molecule is N#Cc1cc(N)c(N2CCCCC2CO)cc1Cl. The van der Waals surface area contributed by atoms with E-state index < -0.39 is 0 Å². The maximum Gasteiger partial charge on any atom is 0.101 e. The number of halogens is 1. The molecule has 1 fully saturated rings. The molecule has 0 bridgehead atoms. The van der Waals surface area contributed by atoms with Crippen molar-refractivity contribution in [3.05, 3.63) is 22.7 Å². The van der Waals surface area contributed by atoms with Gasteiger partial charge in [0, 0.05) is 6.54 Å². The van der Waals surface area contributed by atoms with Crippen molar-refractivity contribution in [2.24, 2.45) is 0 Å². The van der Waals surface area contributed by atoms with Gasteiger partial charge >= 0.3 is 0 Å². The maximum atomic E-state index is 9.42. The summed E-state index contributed by atoms with van der Waals surface area (Å²) in [6.45, 7) is 0.967. The predicted octanol–water partition coefficient (Wildman–Crippen LogP) is 2.15. The van der Waals surface area contributed by atoms with E-state index in [1.54, 1.807) is 12.1 Å². The van der Waals surface area contributed by atoms with Crippen LogP contribution in [0.4, 0.5) is 11.4 Å². The van der Waals surface area contributed by atoms with Crippen LogP contribution in [0, 0.1) is 11.3 Å². The van der Waals surface area contributed by atoms with Gasteiger partial charge < -0.3 is 15.7 Å². The number of piperidine rings is 1. The van der Waals surface area contributed by atoms with E-state index in [2.05, 4.69) is 4.90 Å². The van der Waals surface area contributed by atoms with E-state index in [4.69, 9.17) is 22.6 Å². The number of rotatable bonds is 2. The first kappa shape index (κ1) is 13.0. The summed E-state index contributed by atoms with van der Waals surface area (Å²) in [5, 5.41) is 18.7. The Bertz CT molecular complexity index is 484. The second-order valence-electron chi connectivity index (χ2n) is 4.53. The van der Waals surface area contributed by atoms with Crippen LogP contribution in [0.1, 0.15) is 24.8 Å². The average molecular weight is 266 g/mol. The number of nitrogens with two attached hydrogens (primary N) is 1. The molecule has 1 saturated heterocycles. The van der Waals surface area contributed by atoms with Crippen LogP contribution in [-0.4, -0.2) is 24.3 Å². The standard InChI is InChI=1S/C13H16ClN3O/c14-11-6-13(12(16)5-9(11)7-15)17-4-2-1-3-10(17)8-18/h5-6,10,18H,1-4,8,16H2. The molecule has 0 radical (unpaired) electrons. The van der Waals surface area contributed by atoms with Crippen molar-refractivity contribution < 1.29 is 5.11 Å². The van der Waals surface area contributed by atoms with Gasteiger partial charge in [-0.15, -0.1) is 0 Å². The van der Waals surface area contributed by atoms with E-state index >= 15 is 0 Å². The van der Waals surface area contributed by atoms with Crippen LogP contribution in [-0.2, 0) is 0 Å². The van der Waals surface area contributed by atoms with Gasteiger partial charge in [0.25, 0.3) is 0 Å². The van der Waals surface area contributed by atoms with E-state index in [0.29, 0.717) is 16.3 Å². The fourth-order valence-electron chi connectivity index (χ4n) is 2.42. The molecule has 2 rings (SSSR count). The van der Waals surface area contributed by atoms with Gasteiger partial charge in [0.05, 0.1) is 34.6 Å². The number of aliphatic hydroxyl groups excluding tert-OH is 1. The van der Waals surface area contributed by atoms with Crippen LogP contribution in [0.3, 0.4) is 0 Å². The molecule has 0 aliphatic carbocycles. The third-order valence-corrected chi connectivity index (χ3v) is 3.70. The van der Waals surface area contributed by atoms with Gasteiger partial charge in [0.1, 0.15) is 6.07 Å². The first-order chi connectivity index (χ1) is 8.67. The Hall–Kier alpha value is -1.44. The summed E-state index contributed by atoms with van der Waals surface area (Å²) in [5.74, 6) is 0. The molecule has 3 N–H and O–H groups in total. The van der Waals surface area contributed by atoms with Crippen LogP contribution < -0.4 is 10.6 Å². The molecule has 0 aromatic heterocycles. The molecule has 1 aromatic rings. The van der Waals surface area contributed by atoms with Crippen molar-refractivity contribution in [2.45, 2.75) is 25.3 Å². The first-order valence-corrected chi connectivity index (χ1v) is 6.41. The molecule has 0 spiro atoms. The minimum Gasteiger partial charge on any atom is -0.397 e. The number of anilines is 2. The topological polar surface area (TPSA) is 73.3 Å². The first-order valence-electron chi connectivity index (χ1n) is 6.04. The summed E-state index contributed by atoms with van der Waals surface area (Å²) in [7, 11) is 0. The molecule has 18 heavy (non-hydrogen) atoms. The highest BCUT2D eigenvalue weighted by Crippen LogP contribution is 2.33. The fraction of sp³-hybridized carbons (Fsp3) is 0.462. The van der Waals surface area contributed by atoms with Gasteiger partial charge in [0.15, 0.2) is 0 Å². The van der Waals surface area contributed by atoms with Crippen molar-refractivity contribution in [3.8, 4) is 6.07 Å². The van der Waals surface area contributed by atoms with Crippen LogP contribution in [0.15, 0.2) is 12.1 Å². The number of benzene rings is 1. The van der Waals surface area contributed by atoms with E-state index in [1.807, 2.05) is 6.07 Å². The molecule has 4 nitrogen and oxygen atoms in total. The Morgan fingerprint density at radius 3 is 2.94 bits per heavy atom. The van der Waals surface area contributed by atoms with E-state index in [1.165, 1.54) is 0 Å². The predicted molar refractivity (Wildman–Crippen MR) is 72.7 cm³/mol. The third kappa shape index (κ3) is 2.38. The summed E-state index contributed by atoms with van der Waals surface area (Å²) in [4.78, 5) is 2.09. The third-order valence-electron chi connectivity index (χ3n) is 3.38. The minimum absolute atomic E-state index is 0.0880. The lowest BCUT2D eigenvalue weighted by molar-refractivity contribution is 0.240. The lowest BCUT2D eigenvalue weighted by Gasteiger charge is -2.37. The molecule has 1 heterocycles. The largest absolute Gasteiger partial charge is 0.397 e. The minimum atomic E-state index is 0.0880. The molecular weight excluding hydrogens is 250 g/mol. The Morgan fingerprint density at radius 2 is 2.28 bits per heavy atom. The molecule has 1 unspecified atom stereocenters. The van der Waals surface area contributed by atoms with Gasteiger partial charge in [-0.1, -0.05) is 11.6 Å². The number of aliphatic hydroxyl groups is 1. The number of nitrogen functional groups attached to an aromatic ring is 1. The molecular formula is C13H16ClN3O. The zero-order valence-electron chi connectivity index (χ0n) is 10.1. The molecule has 1 aliphatic rings. The lowest BCUT2D eigenvalue weighted by atomic mass is 10.0. The highest BCUT2D eigenvalue weighted by molar-refractivity contribution is 6.32. The summed E-state index contributed by atoms with van der Waals surface area (Å²) >= 11 is 6.04. The normalized spacial score (nSPS) is 19.6. The quantitative estimate of drug-likeness (QED) is 0.804. The Morgan fingerprint density at radius 1 is 1.50 bits per heavy atom. The van der Waals surface area contributed by atoms with Crippen molar-refractivity contribution in [1.29, 1.82) is 5.26 Å². The van der Waals surface area contributed by atoms with Gasteiger partial charge in [-0.25, -0.2) is 0 Å². The van der Waals surface area contributed by atoms with Gasteiger partial charge in [0.2, 0.25) is 0 Å². The molecule has 5 heteroatoms. The molecule has 1 atom stereocenters. The molecule has 0 saturated carbocycles. The van der Waals surface area contributed by atoms with Crippen LogP contribution in [0.25, 0.3) is 0 Å². The van der Waals surface area contributed by atoms with E-state index in [0.717, 1.165) is 31.5 Å². The average Bonchev–Trinajstić information content (AvgIpc) is 2.41. The van der Waals surface area contributed by atoms with Crippen LogP contribution in [0.2, 0.25) is 5.02 Å². The molecule has 96 valence electrons. The van der Waals surface area contributed by atoms with Crippen molar-refractivity contribution in [1.82, 2.24) is 0 Å². The second-order valence-corrected chi connectivity index (χ2v) is 4.94. The molecule has 1 aromatic carbocycles. The summed E-state index contributed by atoms with van der Waals surface area (Å²) in [6, 6.07) is 5.42. The van der Waals surface area contributed by atoms with Crippen LogP contribution in [0.5, 0.6) is 0 Å². The monoisotopic (exact) mass is 265 g/mol. The van der Waals surface area contributed by atoms with Crippen molar-refractivity contribution in [2.75, 3.05) is 23.8 Å². The van der Waals surface area contributed by atoms with Crippen LogP contribution >= 0.6 is 11.6 Å². The van der Waals surface area contributed by atoms with Crippen molar-refractivity contribution >= 4 is 23.0 Å². The number of hydrogen-bond acceptors (Lipinski definition) is 4. The smallest absolute Gasteiger partial charge is 0.101 e. The number of hydrogen-bond donors (Lipinski definition) is 2. The Kier molecular flexibility index (Phi) is 3.95. The number of nitriles is 1. The highest BCUT2D eigenvalue weighted by atomic mass is 35.5. The van der Waals surface area contributed by atoms with Gasteiger partial charge in [-0.2, -0.15) is 5.26 Å². The summed E-state index contributed by atoms with van der Waals surface area (Å²) < 4.78 is 0. The second kappa shape index (κ2) is 5.47. The lowest BCUT2D eigenvalue weighted by Crippen LogP contribution is -2.42. The fourth-order valence-corrected chi connectivity index (χ4v) is 2.62. The van der Waals surface area contributed by atoms with E-state index in [9.17, 15) is 5.11 Å². The maximum absolute atomic E-state index is 9.42. The number of nitrogens with zero attached hydrogens (tertiary/aromatic N) is 2.